The number of benzene rings is 1. The number of nitrogens with zero attached hydrogens (tertiary/aromatic N) is 1. The van der Waals surface area contributed by atoms with Crippen LogP contribution in [0.5, 0.6) is 0 Å². The fraction of sp³-hybridized carbons (Fsp3) is 0.588. The Morgan fingerprint density at radius 1 is 1.29 bits per heavy atom. The number of carbonyl (C=O) groups excluding carboxylic acids is 1. The van der Waals surface area contributed by atoms with Gasteiger partial charge < -0.3 is 10.6 Å². The summed E-state index contributed by atoms with van der Waals surface area (Å²) >= 11 is 3.52. The molecular formula is C17H27BrN2O. The van der Waals surface area contributed by atoms with Crippen molar-refractivity contribution >= 4 is 21.8 Å². The van der Waals surface area contributed by atoms with E-state index in [4.69, 9.17) is 5.73 Å². The van der Waals surface area contributed by atoms with E-state index < -0.39 is 0 Å². The normalized spacial score (nSPS) is 12.5. The first-order valence-corrected chi connectivity index (χ1v) is 8.42. The molecule has 1 aromatic rings. The van der Waals surface area contributed by atoms with Gasteiger partial charge in [0.25, 0.3) is 0 Å². The van der Waals surface area contributed by atoms with E-state index in [1.807, 2.05) is 31.3 Å². The summed E-state index contributed by atoms with van der Waals surface area (Å²) in [4.78, 5) is 14.1. The Labute approximate surface area is 137 Å². The van der Waals surface area contributed by atoms with Crippen LogP contribution in [0.15, 0.2) is 28.7 Å². The summed E-state index contributed by atoms with van der Waals surface area (Å²) in [6, 6.07) is 8.02. The first kappa shape index (κ1) is 18.2. The first-order chi connectivity index (χ1) is 9.95. The first-order valence-electron chi connectivity index (χ1n) is 7.63. The van der Waals surface area contributed by atoms with Gasteiger partial charge in [-0.2, -0.15) is 0 Å². The molecule has 0 bridgehead atoms. The minimum Gasteiger partial charge on any atom is -0.341 e. The second-order valence-corrected chi connectivity index (χ2v) is 6.82. The molecule has 3 nitrogen and oxygen atoms in total. The van der Waals surface area contributed by atoms with Crippen molar-refractivity contribution in [2.75, 3.05) is 13.6 Å². The summed E-state index contributed by atoms with van der Waals surface area (Å²) in [5.41, 5.74) is 6.79. The lowest BCUT2D eigenvalue weighted by Crippen LogP contribution is -2.27. The number of amides is 1. The number of hydrogen-bond donors (Lipinski definition) is 1. The molecule has 0 aliphatic rings. The molecule has 0 saturated carbocycles. The van der Waals surface area contributed by atoms with Crippen molar-refractivity contribution in [3.05, 3.63) is 34.3 Å². The van der Waals surface area contributed by atoms with Gasteiger partial charge >= 0.3 is 0 Å². The highest BCUT2D eigenvalue weighted by Gasteiger charge is 2.16. The minimum atomic E-state index is 0.202. The van der Waals surface area contributed by atoms with Crippen LogP contribution < -0.4 is 5.73 Å². The van der Waals surface area contributed by atoms with Crippen molar-refractivity contribution < 1.29 is 4.79 Å². The maximum Gasteiger partial charge on any atom is 0.222 e. The molecule has 1 unspecified atom stereocenters. The molecule has 4 heteroatoms. The molecule has 2 N–H and O–H groups in total. The molecule has 1 amide bonds. The van der Waals surface area contributed by atoms with E-state index in [1.165, 1.54) is 0 Å². The lowest BCUT2D eigenvalue weighted by atomic mass is 9.88. The number of nitrogens with two attached hydrogens (primary N) is 1. The second kappa shape index (κ2) is 9.21. The number of carbonyl (C=O) groups is 1. The summed E-state index contributed by atoms with van der Waals surface area (Å²) in [5, 5.41) is 0. The average molecular weight is 355 g/mol. The van der Waals surface area contributed by atoms with Crippen LogP contribution in [0, 0.1) is 11.8 Å². The van der Waals surface area contributed by atoms with Crippen LogP contribution in [0.1, 0.15) is 38.7 Å². The van der Waals surface area contributed by atoms with E-state index in [2.05, 4.69) is 29.8 Å². The summed E-state index contributed by atoms with van der Waals surface area (Å²) in [5.74, 6) is 1.32. The molecule has 1 atom stereocenters. The van der Waals surface area contributed by atoms with E-state index in [0.29, 0.717) is 31.3 Å². The topological polar surface area (TPSA) is 46.3 Å². The third kappa shape index (κ3) is 6.18. The maximum atomic E-state index is 12.3. The van der Waals surface area contributed by atoms with E-state index in [-0.39, 0.29) is 5.91 Å². The molecule has 0 radical (unpaired) electrons. The van der Waals surface area contributed by atoms with Crippen molar-refractivity contribution in [2.45, 2.75) is 39.7 Å². The van der Waals surface area contributed by atoms with Crippen LogP contribution in [0.2, 0.25) is 0 Å². The Hall–Kier alpha value is -0.870. The Balaban J connectivity index is 2.49. The van der Waals surface area contributed by atoms with Crippen LogP contribution >= 0.6 is 15.9 Å². The van der Waals surface area contributed by atoms with Crippen molar-refractivity contribution in [3.8, 4) is 0 Å². The second-order valence-electron chi connectivity index (χ2n) is 5.96. The summed E-state index contributed by atoms with van der Waals surface area (Å²) in [7, 11) is 1.87. The zero-order valence-electron chi connectivity index (χ0n) is 13.3. The van der Waals surface area contributed by atoms with Gasteiger partial charge in [0.2, 0.25) is 5.91 Å². The largest absolute Gasteiger partial charge is 0.341 e. The van der Waals surface area contributed by atoms with Crippen LogP contribution in [0.4, 0.5) is 0 Å². The van der Waals surface area contributed by atoms with Crippen LogP contribution in [0.25, 0.3) is 0 Å². The van der Waals surface area contributed by atoms with Gasteiger partial charge in [0.1, 0.15) is 0 Å². The minimum absolute atomic E-state index is 0.202. The van der Waals surface area contributed by atoms with E-state index >= 15 is 0 Å². The fourth-order valence-corrected chi connectivity index (χ4v) is 2.91. The molecule has 0 aliphatic heterocycles. The summed E-state index contributed by atoms with van der Waals surface area (Å²) < 4.78 is 1.05. The fourth-order valence-electron chi connectivity index (χ4n) is 2.50. The molecule has 0 heterocycles. The van der Waals surface area contributed by atoms with Gasteiger partial charge in [-0.25, -0.2) is 0 Å². The van der Waals surface area contributed by atoms with E-state index in [0.717, 1.165) is 22.9 Å². The summed E-state index contributed by atoms with van der Waals surface area (Å²) in [6.45, 7) is 5.75. The average Bonchev–Trinajstić information content (AvgIpc) is 2.45. The Morgan fingerprint density at radius 3 is 2.52 bits per heavy atom. The Kier molecular flexibility index (Phi) is 7.97. The smallest absolute Gasteiger partial charge is 0.222 e. The van der Waals surface area contributed by atoms with Gasteiger partial charge in [0.05, 0.1) is 0 Å². The lowest BCUT2D eigenvalue weighted by Gasteiger charge is -2.22. The molecule has 0 fully saturated rings. The predicted octanol–water partition coefficient (Wildman–Crippen LogP) is 3.81. The van der Waals surface area contributed by atoms with Gasteiger partial charge in [0, 0.05) is 24.5 Å². The van der Waals surface area contributed by atoms with Crippen molar-refractivity contribution in [3.63, 3.8) is 0 Å². The number of rotatable bonds is 8. The monoisotopic (exact) mass is 354 g/mol. The maximum absolute atomic E-state index is 12.3. The quantitative estimate of drug-likeness (QED) is 0.771. The Bertz CT molecular complexity index is 448. The van der Waals surface area contributed by atoms with Crippen LogP contribution in [-0.4, -0.2) is 24.4 Å². The molecule has 1 aromatic carbocycles. The van der Waals surface area contributed by atoms with Crippen LogP contribution in [-0.2, 0) is 11.3 Å². The van der Waals surface area contributed by atoms with Gasteiger partial charge in [0.15, 0.2) is 0 Å². The molecule has 0 aromatic heterocycles. The van der Waals surface area contributed by atoms with Crippen molar-refractivity contribution in [1.29, 1.82) is 0 Å². The molecule has 0 aliphatic carbocycles. The third-order valence-corrected chi connectivity index (χ3v) is 4.77. The van der Waals surface area contributed by atoms with Crippen molar-refractivity contribution in [1.82, 2.24) is 4.90 Å². The predicted molar refractivity (Wildman–Crippen MR) is 91.8 cm³/mol. The molecule has 0 saturated heterocycles. The zero-order valence-corrected chi connectivity index (χ0v) is 14.9. The molecular weight excluding hydrogens is 328 g/mol. The van der Waals surface area contributed by atoms with Gasteiger partial charge in [-0.3, -0.25) is 4.79 Å². The Morgan fingerprint density at radius 2 is 1.95 bits per heavy atom. The highest BCUT2D eigenvalue weighted by atomic mass is 79.9. The van der Waals surface area contributed by atoms with Gasteiger partial charge in [-0.05, 0) is 42.9 Å². The van der Waals surface area contributed by atoms with E-state index in [9.17, 15) is 4.79 Å². The van der Waals surface area contributed by atoms with E-state index in [1.54, 1.807) is 4.90 Å². The lowest BCUT2D eigenvalue weighted by molar-refractivity contribution is -0.130. The zero-order chi connectivity index (χ0) is 15.8. The summed E-state index contributed by atoms with van der Waals surface area (Å²) in [6.07, 6.45) is 2.52. The van der Waals surface area contributed by atoms with Gasteiger partial charge in [-0.15, -0.1) is 0 Å². The van der Waals surface area contributed by atoms with Crippen molar-refractivity contribution in [2.24, 2.45) is 17.6 Å². The molecule has 118 valence electrons. The highest BCUT2D eigenvalue weighted by molar-refractivity contribution is 9.10. The molecule has 21 heavy (non-hydrogen) atoms. The third-order valence-electron chi connectivity index (χ3n) is 4.00. The highest BCUT2D eigenvalue weighted by Crippen LogP contribution is 2.22. The molecule has 0 spiro atoms. The number of hydrogen-bond acceptors (Lipinski definition) is 2. The SMILES string of the molecule is CC(C)C(CCN)CCC(=O)N(C)Cc1ccccc1Br. The standard InChI is InChI=1S/C17H27BrN2O/c1-13(2)14(10-11-19)8-9-17(21)20(3)12-15-6-4-5-7-16(15)18/h4-7,13-14H,8-12,19H2,1-3H3. The van der Waals surface area contributed by atoms with Gasteiger partial charge in [-0.1, -0.05) is 48.0 Å². The molecule has 1 rings (SSSR count). The van der Waals surface area contributed by atoms with Crippen LogP contribution in [0.3, 0.4) is 0 Å². The number of halogens is 1.